The third-order valence-electron chi connectivity index (χ3n) is 4.37. The minimum absolute atomic E-state index is 0. The molecule has 27 heavy (non-hydrogen) atoms. The van der Waals surface area contributed by atoms with Gasteiger partial charge in [0.1, 0.15) is 11.6 Å². The fourth-order valence-corrected chi connectivity index (χ4v) is 2.80. The average Bonchev–Trinajstić information content (AvgIpc) is 3.04. The molecule has 2 rings (SSSR count). The molecule has 150 valence electrons. The van der Waals surface area contributed by atoms with Gasteiger partial charge >= 0.3 is 0 Å². The molecular weight excluding hydrogens is 451 g/mol. The number of halogens is 1. The second-order valence-corrected chi connectivity index (χ2v) is 7.17. The average molecular weight is 484 g/mol. The molecule has 0 aliphatic rings. The molecule has 7 heteroatoms. The SMILES string of the molecule is CN=C(NCc1ccc(-n2ccnc2C)nc1)NC(C)CCCC(C)C.I. The molecule has 0 fully saturated rings. The number of pyridine rings is 1. The van der Waals surface area contributed by atoms with Crippen LogP contribution in [-0.2, 0) is 6.54 Å². The number of aliphatic imine (C=N–C) groups is 1. The summed E-state index contributed by atoms with van der Waals surface area (Å²) in [7, 11) is 1.80. The Hall–Kier alpha value is -1.64. The predicted octanol–water partition coefficient (Wildman–Crippen LogP) is 4.07. The lowest BCUT2D eigenvalue weighted by Gasteiger charge is -2.18. The zero-order valence-corrected chi connectivity index (χ0v) is 19.4. The number of guanidine groups is 1. The van der Waals surface area contributed by atoms with Gasteiger partial charge in [-0.2, -0.15) is 0 Å². The maximum Gasteiger partial charge on any atom is 0.191 e. The summed E-state index contributed by atoms with van der Waals surface area (Å²) in [6, 6.07) is 4.49. The standard InChI is InChI=1S/C20H32N6.HI/c1-15(2)7-6-8-16(3)25-20(21-5)24-14-18-9-10-19(23-13-18)26-12-11-22-17(26)4;/h9-13,15-16H,6-8,14H2,1-5H3,(H2,21,24,25);1H. The summed E-state index contributed by atoms with van der Waals surface area (Å²) in [5.41, 5.74) is 1.11. The number of hydrogen-bond acceptors (Lipinski definition) is 3. The van der Waals surface area contributed by atoms with E-state index in [1.165, 1.54) is 12.8 Å². The second kappa shape index (κ2) is 11.9. The number of aromatic nitrogens is 3. The molecule has 1 atom stereocenters. The summed E-state index contributed by atoms with van der Waals surface area (Å²) in [5, 5.41) is 6.82. The summed E-state index contributed by atoms with van der Waals surface area (Å²) < 4.78 is 1.97. The van der Waals surface area contributed by atoms with Crippen LogP contribution >= 0.6 is 24.0 Å². The summed E-state index contributed by atoms with van der Waals surface area (Å²) in [4.78, 5) is 13.1. The molecule has 0 aliphatic heterocycles. The van der Waals surface area contributed by atoms with Gasteiger partial charge in [-0.1, -0.05) is 32.8 Å². The highest BCUT2D eigenvalue weighted by molar-refractivity contribution is 14.0. The van der Waals surface area contributed by atoms with Crippen molar-refractivity contribution < 1.29 is 0 Å². The predicted molar refractivity (Wildman–Crippen MR) is 123 cm³/mol. The Bertz CT molecular complexity index is 693. The fourth-order valence-electron chi connectivity index (χ4n) is 2.80. The van der Waals surface area contributed by atoms with Gasteiger partial charge in [-0.3, -0.25) is 9.56 Å². The first-order valence-corrected chi connectivity index (χ1v) is 9.42. The second-order valence-electron chi connectivity index (χ2n) is 7.17. The third kappa shape index (κ3) is 7.86. The van der Waals surface area contributed by atoms with Crippen LogP contribution in [0.4, 0.5) is 0 Å². The number of hydrogen-bond donors (Lipinski definition) is 2. The molecule has 0 amide bonds. The minimum atomic E-state index is 0. The highest BCUT2D eigenvalue weighted by Gasteiger charge is 2.07. The molecule has 6 nitrogen and oxygen atoms in total. The topological polar surface area (TPSA) is 67.1 Å². The minimum Gasteiger partial charge on any atom is -0.354 e. The van der Waals surface area contributed by atoms with Crippen LogP contribution in [0.5, 0.6) is 0 Å². The fraction of sp³-hybridized carbons (Fsp3) is 0.550. The molecule has 2 heterocycles. The van der Waals surface area contributed by atoms with E-state index in [4.69, 9.17) is 0 Å². The van der Waals surface area contributed by atoms with Crippen molar-refractivity contribution >= 4 is 29.9 Å². The normalized spacial score (nSPS) is 12.6. The summed E-state index contributed by atoms with van der Waals surface area (Å²) in [6.45, 7) is 9.40. The van der Waals surface area contributed by atoms with Crippen LogP contribution in [0, 0.1) is 12.8 Å². The first kappa shape index (κ1) is 23.4. The Morgan fingerprint density at radius 1 is 1.19 bits per heavy atom. The molecule has 2 aromatic heterocycles. The molecule has 0 saturated heterocycles. The Morgan fingerprint density at radius 2 is 1.96 bits per heavy atom. The van der Waals surface area contributed by atoms with E-state index >= 15 is 0 Å². The molecule has 0 radical (unpaired) electrons. The van der Waals surface area contributed by atoms with Gasteiger partial charge in [0.25, 0.3) is 0 Å². The molecule has 0 aromatic carbocycles. The van der Waals surface area contributed by atoms with E-state index < -0.39 is 0 Å². The van der Waals surface area contributed by atoms with Crippen molar-refractivity contribution in [1.82, 2.24) is 25.2 Å². The lowest BCUT2D eigenvalue weighted by Crippen LogP contribution is -2.41. The van der Waals surface area contributed by atoms with Gasteiger partial charge in [0.15, 0.2) is 5.96 Å². The first-order valence-electron chi connectivity index (χ1n) is 9.42. The van der Waals surface area contributed by atoms with E-state index in [1.54, 1.807) is 13.2 Å². The van der Waals surface area contributed by atoms with Crippen LogP contribution in [0.25, 0.3) is 5.82 Å². The van der Waals surface area contributed by atoms with Crippen molar-refractivity contribution in [3.63, 3.8) is 0 Å². The Morgan fingerprint density at radius 3 is 2.52 bits per heavy atom. The quantitative estimate of drug-likeness (QED) is 0.337. The third-order valence-corrected chi connectivity index (χ3v) is 4.37. The van der Waals surface area contributed by atoms with Gasteiger partial charge in [-0.05, 0) is 37.8 Å². The molecule has 0 bridgehead atoms. The Balaban J connectivity index is 0.00000364. The highest BCUT2D eigenvalue weighted by Crippen LogP contribution is 2.09. The largest absolute Gasteiger partial charge is 0.354 e. The van der Waals surface area contributed by atoms with Crippen LogP contribution in [0.15, 0.2) is 35.7 Å². The smallest absolute Gasteiger partial charge is 0.191 e. The van der Waals surface area contributed by atoms with E-state index in [0.717, 1.165) is 35.5 Å². The zero-order valence-electron chi connectivity index (χ0n) is 17.1. The van der Waals surface area contributed by atoms with Crippen molar-refractivity contribution in [2.24, 2.45) is 10.9 Å². The number of nitrogens with zero attached hydrogens (tertiary/aromatic N) is 4. The highest BCUT2D eigenvalue weighted by atomic mass is 127. The Kier molecular flexibility index (Phi) is 10.4. The molecule has 0 aliphatic carbocycles. The molecule has 2 aromatic rings. The van der Waals surface area contributed by atoms with Gasteiger partial charge in [0, 0.05) is 38.2 Å². The Labute approximate surface area is 180 Å². The van der Waals surface area contributed by atoms with Gasteiger partial charge in [-0.15, -0.1) is 24.0 Å². The van der Waals surface area contributed by atoms with Crippen molar-refractivity contribution in [2.45, 2.75) is 59.5 Å². The zero-order chi connectivity index (χ0) is 18.9. The number of aryl methyl sites for hydroxylation is 1. The maximum atomic E-state index is 4.53. The first-order chi connectivity index (χ1) is 12.5. The van der Waals surface area contributed by atoms with E-state index in [9.17, 15) is 0 Å². The van der Waals surface area contributed by atoms with Crippen LogP contribution in [0.3, 0.4) is 0 Å². The van der Waals surface area contributed by atoms with Crippen LogP contribution in [-0.4, -0.2) is 33.6 Å². The van der Waals surface area contributed by atoms with Gasteiger partial charge in [0.2, 0.25) is 0 Å². The van der Waals surface area contributed by atoms with E-state index in [-0.39, 0.29) is 24.0 Å². The molecular formula is C20H33IN6. The van der Waals surface area contributed by atoms with Crippen LogP contribution < -0.4 is 10.6 Å². The number of rotatable bonds is 8. The van der Waals surface area contributed by atoms with E-state index in [0.29, 0.717) is 12.6 Å². The monoisotopic (exact) mass is 484 g/mol. The van der Waals surface area contributed by atoms with Crippen molar-refractivity contribution in [3.05, 3.63) is 42.1 Å². The molecule has 0 saturated carbocycles. The lowest BCUT2D eigenvalue weighted by molar-refractivity contribution is 0.491. The van der Waals surface area contributed by atoms with Gasteiger partial charge in [0.05, 0.1) is 0 Å². The lowest BCUT2D eigenvalue weighted by atomic mass is 10.0. The van der Waals surface area contributed by atoms with Crippen molar-refractivity contribution in [1.29, 1.82) is 0 Å². The van der Waals surface area contributed by atoms with Gasteiger partial charge < -0.3 is 10.6 Å². The van der Waals surface area contributed by atoms with Crippen LogP contribution in [0.2, 0.25) is 0 Å². The maximum absolute atomic E-state index is 4.53. The summed E-state index contributed by atoms with van der Waals surface area (Å²) in [6.07, 6.45) is 9.25. The van der Waals surface area contributed by atoms with Crippen molar-refractivity contribution in [2.75, 3.05) is 7.05 Å². The number of imidazole rings is 1. The summed E-state index contributed by atoms with van der Waals surface area (Å²) in [5.74, 6) is 3.40. The molecule has 1 unspecified atom stereocenters. The van der Waals surface area contributed by atoms with Crippen LogP contribution in [0.1, 0.15) is 51.4 Å². The van der Waals surface area contributed by atoms with Crippen molar-refractivity contribution in [3.8, 4) is 5.82 Å². The number of nitrogens with one attached hydrogen (secondary N) is 2. The van der Waals surface area contributed by atoms with E-state index in [1.807, 2.05) is 30.0 Å². The van der Waals surface area contributed by atoms with Gasteiger partial charge in [-0.25, -0.2) is 9.97 Å². The molecule has 0 spiro atoms. The van der Waals surface area contributed by atoms with E-state index in [2.05, 4.69) is 52.4 Å². The molecule has 2 N–H and O–H groups in total. The summed E-state index contributed by atoms with van der Waals surface area (Å²) >= 11 is 0.